The Hall–Kier alpha value is -0.820. The van der Waals surface area contributed by atoms with E-state index in [0.29, 0.717) is 19.4 Å². The molecule has 0 aromatic rings. The SMILES string of the molecule is CC(C)(C)OC(=O)NS(=O)(=O)C1(CN2CCC2)CC1. The third-order valence-electron chi connectivity index (χ3n) is 3.45. The molecule has 19 heavy (non-hydrogen) atoms. The summed E-state index contributed by atoms with van der Waals surface area (Å²) in [6.07, 6.45) is 1.46. The van der Waals surface area contributed by atoms with Gasteiger partial charge in [0.1, 0.15) is 10.3 Å². The molecule has 0 unspecified atom stereocenters. The minimum Gasteiger partial charge on any atom is -0.443 e. The molecule has 2 fully saturated rings. The quantitative estimate of drug-likeness (QED) is 0.838. The standard InChI is InChI=1S/C12H22N2O4S/c1-11(2,3)18-10(15)13-19(16,17)12(5-6-12)9-14-7-4-8-14/h4-9H2,1-3H3,(H,13,15). The van der Waals surface area contributed by atoms with Gasteiger partial charge < -0.3 is 9.64 Å². The van der Waals surface area contributed by atoms with Crippen LogP contribution in [0, 0.1) is 0 Å². The molecule has 0 atom stereocenters. The number of rotatable bonds is 4. The van der Waals surface area contributed by atoms with Gasteiger partial charge in [-0.2, -0.15) is 0 Å². The number of hydrogen-bond acceptors (Lipinski definition) is 5. The van der Waals surface area contributed by atoms with Gasteiger partial charge in [0.2, 0.25) is 10.0 Å². The number of nitrogens with one attached hydrogen (secondary N) is 1. The van der Waals surface area contributed by atoms with Crippen LogP contribution in [0.5, 0.6) is 0 Å². The first-order valence-electron chi connectivity index (χ1n) is 6.61. The van der Waals surface area contributed by atoms with Crippen molar-refractivity contribution in [3.8, 4) is 0 Å². The van der Waals surface area contributed by atoms with Gasteiger partial charge in [-0.3, -0.25) is 0 Å². The van der Waals surface area contributed by atoms with Crippen molar-refractivity contribution in [3.05, 3.63) is 0 Å². The molecule has 0 spiro atoms. The number of ether oxygens (including phenoxy) is 1. The van der Waals surface area contributed by atoms with Crippen molar-refractivity contribution >= 4 is 16.1 Å². The van der Waals surface area contributed by atoms with Gasteiger partial charge >= 0.3 is 6.09 Å². The fourth-order valence-corrected chi connectivity index (χ4v) is 3.59. The van der Waals surface area contributed by atoms with E-state index in [4.69, 9.17) is 4.74 Å². The van der Waals surface area contributed by atoms with Crippen LogP contribution >= 0.6 is 0 Å². The number of sulfonamides is 1. The molecule has 110 valence electrons. The van der Waals surface area contributed by atoms with Crippen LogP contribution in [0.15, 0.2) is 0 Å². The smallest absolute Gasteiger partial charge is 0.421 e. The molecule has 6 nitrogen and oxygen atoms in total. The molecule has 1 amide bonds. The monoisotopic (exact) mass is 290 g/mol. The average molecular weight is 290 g/mol. The van der Waals surface area contributed by atoms with Crippen LogP contribution in [0.1, 0.15) is 40.0 Å². The predicted molar refractivity (Wildman–Crippen MR) is 71.3 cm³/mol. The van der Waals surface area contributed by atoms with Crippen molar-refractivity contribution in [3.63, 3.8) is 0 Å². The summed E-state index contributed by atoms with van der Waals surface area (Å²) in [4.78, 5) is 13.7. The number of likely N-dealkylation sites (tertiary alicyclic amines) is 1. The van der Waals surface area contributed by atoms with Crippen LogP contribution < -0.4 is 4.72 Å². The maximum absolute atomic E-state index is 12.2. The fourth-order valence-electron chi connectivity index (χ4n) is 2.12. The Balaban J connectivity index is 1.96. The van der Waals surface area contributed by atoms with E-state index in [-0.39, 0.29) is 0 Å². The largest absolute Gasteiger partial charge is 0.443 e. The van der Waals surface area contributed by atoms with E-state index >= 15 is 0 Å². The lowest BCUT2D eigenvalue weighted by Crippen LogP contribution is -2.50. The summed E-state index contributed by atoms with van der Waals surface area (Å²) in [7, 11) is -3.66. The zero-order chi connectivity index (χ0) is 14.3. The van der Waals surface area contributed by atoms with Gasteiger partial charge in [-0.15, -0.1) is 0 Å². The average Bonchev–Trinajstić information content (AvgIpc) is 2.87. The molecule has 0 aromatic heterocycles. The van der Waals surface area contributed by atoms with Crippen molar-refractivity contribution in [1.82, 2.24) is 9.62 Å². The van der Waals surface area contributed by atoms with Crippen LogP contribution in [0.2, 0.25) is 0 Å². The number of carbonyl (C=O) groups excluding carboxylic acids is 1. The number of hydrogen-bond donors (Lipinski definition) is 1. The highest BCUT2D eigenvalue weighted by molar-refractivity contribution is 7.91. The second-order valence-electron chi connectivity index (χ2n) is 6.42. The lowest BCUT2D eigenvalue weighted by Gasteiger charge is -2.34. The molecule has 1 aliphatic carbocycles. The summed E-state index contributed by atoms with van der Waals surface area (Å²) < 4.78 is 30.8. The van der Waals surface area contributed by atoms with E-state index in [1.54, 1.807) is 20.8 Å². The highest BCUT2D eigenvalue weighted by Gasteiger charge is 2.56. The lowest BCUT2D eigenvalue weighted by atomic mass is 10.2. The first kappa shape index (κ1) is 14.6. The third kappa shape index (κ3) is 3.39. The minimum atomic E-state index is -3.66. The molecule has 0 aromatic carbocycles. The van der Waals surface area contributed by atoms with Gasteiger partial charge in [0.25, 0.3) is 0 Å². The van der Waals surface area contributed by atoms with Gasteiger partial charge in [-0.1, -0.05) is 0 Å². The Morgan fingerprint density at radius 2 is 1.89 bits per heavy atom. The van der Waals surface area contributed by atoms with Crippen molar-refractivity contribution in [1.29, 1.82) is 0 Å². The minimum absolute atomic E-state index is 0.519. The van der Waals surface area contributed by atoms with Crippen LogP contribution in [0.25, 0.3) is 0 Å². The zero-order valence-electron chi connectivity index (χ0n) is 11.7. The first-order valence-corrected chi connectivity index (χ1v) is 8.10. The van der Waals surface area contributed by atoms with Crippen LogP contribution in [-0.4, -0.2) is 49.4 Å². The van der Waals surface area contributed by atoms with Crippen molar-refractivity contribution in [2.45, 2.75) is 50.4 Å². The topological polar surface area (TPSA) is 75.7 Å². The third-order valence-corrected chi connectivity index (χ3v) is 5.57. The van der Waals surface area contributed by atoms with Crippen molar-refractivity contribution < 1.29 is 17.9 Å². The molecule has 2 aliphatic rings. The Kier molecular flexibility index (Phi) is 3.55. The molecular weight excluding hydrogens is 268 g/mol. The van der Waals surface area contributed by atoms with Crippen molar-refractivity contribution in [2.24, 2.45) is 0 Å². The second kappa shape index (κ2) is 4.63. The predicted octanol–water partition coefficient (Wildman–Crippen LogP) is 1.08. The number of amides is 1. The Bertz CT molecular complexity index is 459. The second-order valence-corrected chi connectivity index (χ2v) is 8.50. The van der Waals surface area contributed by atoms with E-state index in [1.807, 2.05) is 0 Å². The van der Waals surface area contributed by atoms with Gasteiger partial charge in [-0.25, -0.2) is 17.9 Å². The fraction of sp³-hybridized carbons (Fsp3) is 0.917. The molecule has 1 heterocycles. The zero-order valence-corrected chi connectivity index (χ0v) is 12.5. The van der Waals surface area contributed by atoms with E-state index < -0.39 is 26.5 Å². The summed E-state index contributed by atoms with van der Waals surface area (Å²) in [5.41, 5.74) is -0.701. The summed E-state index contributed by atoms with van der Waals surface area (Å²) in [6.45, 7) is 7.52. The Morgan fingerprint density at radius 1 is 1.32 bits per heavy atom. The summed E-state index contributed by atoms with van der Waals surface area (Å²) in [6, 6.07) is 0. The van der Waals surface area contributed by atoms with Crippen LogP contribution in [0.4, 0.5) is 4.79 Å². The van der Waals surface area contributed by atoms with Crippen molar-refractivity contribution in [2.75, 3.05) is 19.6 Å². The molecule has 1 saturated heterocycles. The van der Waals surface area contributed by atoms with E-state index in [9.17, 15) is 13.2 Å². The normalized spacial score (nSPS) is 22.5. The van der Waals surface area contributed by atoms with Gasteiger partial charge in [-0.05, 0) is 53.1 Å². The van der Waals surface area contributed by atoms with E-state index in [0.717, 1.165) is 19.5 Å². The van der Waals surface area contributed by atoms with Crippen LogP contribution in [-0.2, 0) is 14.8 Å². The molecule has 7 heteroatoms. The molecule has 1 N–H and O–H groups in total. The van der Waals surface area contributed by atoms with E-state index in [2.05, 4.69) is 9.62 Å². The summed E-state index contributed by atoms with van der Waals surface area (Å²) in [5.74, 6) is 0. The van der Waals surface area contributed by atoms with Gasteiger partial charge in [0.15, 0.2) is 0 Å². The molecule has 0 radical (unpaired) electrons. The maximum atomic E-state index is 12.2. The number of carbonyl (C=O) groups is 1. The Morgan fingerprint density at radius 3 is 2.26 bits per heavy atom. The molecular formula is C12H22N2O4S. The van der Waals surface area contributed by atoms with Crippen LogP contribution in [0.3, 0.4) is 0 Å². The molecule has 2 rings (SSSR count). The highest BCUT2D eigenvalue weighted by Crippen LogP contribution is 2.44. The first-order chi connectivity index (χ1) is 8.64. The molecule has 1 aliphatic heterocycles. The van der Waals surface area contributed by atoms with E-state index in [1.165, 1.54) is 0 Å². The molecule has 0 bridgehead atoms. The lowest BCUT2D eigenvalue weighted by molar-refractivity contribution is 0.0569. The van der Waals surface area contributed by atoms with Gasteiger partial charge in [0.05, 0.1) is 0 Å². The number of nitrogens with zero attached hydrogens (tertiary/aromatic N) is 1. The van der Waals surface area contributed by atoms with Gasteiger partial charge in [0, 0.05) is 6.54 Å². The Labute approximate surface area is 114 Å². The highest BCUT2D eigenvalue weighted by atomic mass is 32.2. The molecule has 1 saturated carbocycles. The summed E-state index contributed by atoms with van der Waals surface area (Å²) in [5, 5.41) is 0. The summed E-state index contributed by atoms with van der Waals surface area (Å²) >= 11 is 0. The maximum Gasteiger partial charge on any atom is 0.421 e.